The van der Waals surface area contributed by atoms with Crippen LogP contribution in [0.15, 0.2) is 29.5 Å². The van der Waals surface area contributed by atoms with Gasteiger partial charge in [0.15, 0.2) is 6.19 Å². The molecule has 0 atom stereocenters. The van der Waals surface area contributed by atoms with Gasteiger partial charge in [-0.25, -0.2) is 4.99 Å². The van der Waals surface area contributed by atoms with Crippen molar-refractivity contribution in [2.45, 2.75) is 39.7 Å². The summed E-state index contributed by atoms with van der Waals surface area (Å²) in [5, 5.41) is 23.5. The van der Waals surface area contributed by atoms with E-state index in [2.05, 4.69) is 20.6 Å². The van der Waals surface area contributed by atoms with Gasteiger partial charge < -0.3 is 10.4 Å². The van der Waals surface area contributed by atoms with Crippen molar-refractivity contribution >= 4 is 17.6 Å². The number of carboxylic acids is 1. The molecular weight excluding hydrogens is 282 g/mol. The number of anilines is 1. The number of hydrogen-bond acceptors (Lipinski definition) is 4. The first-order valence-electron chi connectivity index (χ1n) is 6.82. The molecule has 7 nitrogen and oxygen atoms in total. The van der Waals surface area contributed by atoms with Crippen LogP contribution in [-0.4, -0.2) is 27.6 Å². The van der Waals surface area contributed by atoms with Gasteiger partial charge in [-0.1, -0.05) is 0 Å². The van der Waals surface area contributed by atoms with Crippen LogP contribution in [0.3, 0.4) is 0 Å². The largest absolute Gasteiger partial charge is 0.481 e. The number of guanidine groups is 1. The van der Waals surface area contributed by atoms with Crippen LogP contribution in [0.25, 0.3) is 0 Å². The van der Waals surface area contributed by atoms with Crippen molar-refractivity contribution in [3.63, 3.8) is 0 Å². The van der Waals surface area contributed by atoms with Gasteiger partial charge in [0.2, 0.25) is 5.96 Å². The van der Waals surface area contributed by atoms with E-state index in [9.17, 15) is 9.90 Å². The Bertz CT molecular complexity index is 588. The molecule has 1 rings (SSSR count). The first kappa shape index (κ1) is 17.4. The van der Waals surface area contributed by atoms with E-state index in [1.54, 1.807) is 38.4 Å². The standard InChI is InChI=1S/C15H21N5O2/c1-14(2,12(21)22)9-15(3,4)20-13(18-10-16)19-11-5-7-17-8-6-11/h5-8H,9H2,1-4H3,(H,21,22)(H2,17,18,19,20). The summed E-state index contributed by atoms with van der Waals surface area (Å²) in [5.74, 6) is -0.618. The molecule has 0 aliphatic carbocycles. The Morgan fingerprint density at radius 1 is 1.36 bits per heavy atom. The average molecular weight is 303 g/mol. The predicted octanol–water partition coefficient (Wildman–Crippen LogP) is 2.20. The minimum Gasteiger partial charge on any atom is -0.481 e. The molecule has 0 aromatic carbocycles. The summed E-state index contributed by atoms with van der Waals surface area (Å²) in [6.45, 7) is 6.95. The van der Waals surface area contributed by atoms with E-state index in [0.717, 1.165) is 5.69 Å². The number of hydrogen-bond donors (Lipinski definition) is 3. The normalized spacial score (nSPS) is 12.4. The molecule has 118 valence electrons. The summed E-state index contributed by atoms with van der Waals surface area (Å²) in [7, 11) is 0. The van der Waals surface area contributed by atoms with Gasteiger partial charge in [-0.15, -0.1) is 0 Å². The highest BCUT2D eigenvalue weighted by Crippen LogP contribution is 2.30. The zero-order valence-electron chi connectivity index (χ0n) is 13.2. The number of nitriles is 1. The molecule has 0 saturated heterocycles. The van der Waals surface area contributed by atoms with Gasteiger partial charge in [-0.2, -0.15) is 5.26 Å². The fourth-order valence-corrected chi connectivity index (χ4v) is 2.21. The van der Waals surface area contributed by atoms with E-state index in [1.807, 2.05) is 20.0 Å². The van der Waals surface area contributed by atoms with Crippen LogP contribution >= 0.6 is 0 Å². The van der Waals surface area contributed by atoms with Gasteiger partial charge in [-0.05, 0) is 46.2 Å². The third kappa shape index (κ3) is 5.40. The maximum atomic E-state index is 11.3. The number of aliphatic carboxylic acids is 1. The molecule has 1 aromatic rings. The highest BCUT2D eigenvalue weighted by Gasteiger charge is 2.34. The summed E-state index contributed by atoms with van der Waals surface area (Å²) < 4.78 is 0. The highest BCUT2D eigenvalue weighted by atomic mass is 16.4. The molecule has 1 heterocycles. The Morgan fingerprint density at radius 2 is 1.95 bits per heavy atom. The lowest BCUT2D eigenvalue weighted by molar-refractivity contribution is -0.147. The van der Waals surface area contributed by atoms with Crippen LogP contribution in [0.5, 0.6) is 0 Å². The number of nitrogens with zero attached hydrogens (tertiary/aromatic N) is 3. The molecule has 22 heavy (non-hydrogen) atoms. The quantitative estimate of drug-likeness (QED) is 0.333. The van der Waals surface area contributed by atoms with Gasteiger partial charge in [0.25, 0.3) is 0 Å². The topological polar surface area (TPSA) is 110 Å². The summed E-state index contributed by atoms with van der Waals surface area (Å²) in [5.41, 5.74) is -0.854. The van der Waals surface area contributed by atoms with Crippen LogP contribution in [0, 0.1) is 16.9 Å². The lowest BCUT2D eigenvalue weighted by Gasteiger charge is -2.29. The maximum Gasteiger partial charge on any atom is 0.309 e. The molecule has 0 radical (unpaired) electrons. The Balaban J connectivity index is 2.96. The van der Waals surface area contributed by atoms with Crippen LogP contribution in [0.1, 0.15) is 34.1 Å². The lowest BCUT2D eigenvalue weighted by Crippen LogP contribution is -2.37. The second-order valence-electron chi connectivity index (χ2n) is 6.24. The third-order valence-corrected chi connectivity index (χ3v) is 2.99. The average Bonchev–Trinajstić information content (AvgIpc) is 2.38. The summed E-state index contributed by atoms with van der Waals surface area (Å²) in [6, 6.07) is 3.48. The number of pyridine rings is 1. The van der Waals surface area contributed by atoms with E-state index in [-0.39, 0.29) is 5.96 Å². The smallest absolute Gasteiger partial charge is 0.309 e. The van der Waals surface area contributed by atoms with Crippen LogP contribution in [0.2, 0.25) is 0 Å². The Hall–Kier alpha value is -2.62. The lowest BCUT2D eigenvalue weighted by atomic mass is 9.80. The van der Waals surface area contributed by atoms with E-state index in [4.69, 9.17) is 5.26 Å². The third-order valence-electron chi connectivity index (χ3n) is 2.99. The summed E-state index contributed by atoms with van der Waals surface area (Å²) >= 11 is 0. The van der Waals surface area contributed by atoms with E-state index in [0.29, 0.717) is 6.42 Å². The predicted molar refractivity (Wildman–Crippen MR) is 84.2 cm³/mol. The van der Waals surface area contributed by atoms with E-state index >= 15 is 0 Å². The maximum absolute atomic E-state index is 11.3. The van der Waals surface area contributed by atoms with Crippen LogP contribution in [0.4, 0.5) is 5.69 Å². The van der Waals surface area contributed by atoms with Crippen molar-refractivity contribution in [1.82, 2.24) is 10.3 Å². The van der Waals surface area contributed by atoms with Crippen LogP contribution in [-0.2, 0) is 4.79 Å². The van der Waals surface area contributed by atoms with Crippen molar-refractivity contribution in [3.8, 4) is 6.19 Å². The minimum absolute atomic E-state index is 0.264. The van der Waals surface area contributed by atoms with Crippen LogP contribution < -0.4 is 10.6 Å². The molecule has 0 unspecified atom stereocenters. The second-order valence-corrected chi connectivity index (χ2v) is 6.24. The molecule has 0 saturated carbocycles. The van der Waals surface area contributed by atoms with Gasteiger partial charge in [0.1, 0.15) is 0 Å². The van der Waals surface area contributed by atoms with Crippen molar-refractivity contribution in [3.05, 3.63) is 24.5 Å². The molecule has 0 aliphatic rings. The molecule has 0 fully saturated rings. The monoisotopic (exact) mass is 303 g/mol. The fourth-order valence-electron chi connectivity index (χ4n) is 2.21. The Kier molecular flexibility index (Phi) is 5.46. The van der Waals surface area contributed by atoms with E-state index in [1.165, 1.54) is 0 Å². The SMILES string of the molecule is CC(C)(CC(C)(C)C(=O)O)N=C(NC#N)Nc1ccncc1. The summed E-state index contributed by atoms with van der Waals surface area (Å²) in [4.78, 5) is 19.6. The number of aromatic nitrogens is 1. The van der Waals surface area contributed by atoms with Crippen molar-refractivity contribution in [1.29, 1.82) is 5.26 Å². The minimum atomic E-state index is -0.915. The van der Waals surface area contributed by atoms with Gasteiger partial charge >= 0.3 is 5.97 Å². The van der Waals surface area contributed by atoms with E-state index < -0.39 is 16.9 Å². The number of nitrogens with one attached hydrogen (secondary N) is 2. The molecule has 0 bridgehead atoms. The summed E-state index contributed by atoms with van der Waals surface area (Å²) in [6.07, 6.45) is 5.38. The zero-order chi connectivity index (χ0) is 16.8. The van der Waals surface area contributed by atoms with Crippen molar-refractivity contribution in [2.75, 3.05) is 5.32 Å². The van der Waals surface area contributed by atoms with Crippen molar-refractivity contribution in [2.24, 2.45) is 10.4 Å². The van der Waals surface area contributed by atoms with Gasteiger partial charge in [0, 0.05) is 18.1 Å². The molecule has 7 heteroatoms. The molecule has 3 N–H and O–H groups in total. The second kappa shape index (κ2) is 6.89. The fraction of sp³-hybridized carbons (Fsp3) is 0.467. The first-order valence-corrected chi connectivity index (χ1v) is 6.82. The number of aliphatic imine (C=N–C) groups is 1. The molecular formula is C15H21N5O2. The van der Waals surface area contributed by atoms with Gasteiger partial charge in [-0.3, -0.25) is 15.1 Å². The number of carboxylic acid groups (broad SMARTS) is 1. The molecule has 1 aromatic heterocycles. The highest BCUT2D eigenvalue weighted by molar-refractivity contribution is 5.94. The molecule has 0 spiro atoms. The van der Waals surface area contributed by atoms with Crippen molar-refractivity contribution < 1.29 is 9.90 Å². The molecule has 0 aliphatic heterocycles. The Labute approximate surface area is 130 Å². The first-order chi connectivity index (χ1) is 10.2. The molecule has 0 amide bonds. The Morgan fingerprint density at radius 3 is 2.45 bits per heavy atom. The number of carbonyl (C=O) groups is 1. The van der Waals surface area contributed by atoms with Gasteiger partial charge in [0.05, 0.1) is 11.0 Å². The zero-order valence-corrected chi connectivity index (χ0v) is 13.2. The number of rotatable bonds is 5.